The molecule has 1 aromatic carbocycles. The molecule has 0 saturated carbocycles. The van der Waals surface area contributed by atoms with E-state index in [2.05, 4.69) is 4.90 Å². The molecule has 0 spiro atoms. The van der Waals surface area contributed by atoms with Crippen LogP contribution in [-0.2, 0) is 9.59 Å². The van der Waals surface area contributed by atoms with Crippen molar-refractivity contribution in [3.05, 3.63) is 35.6 Å². The number of hydrogen-bond donors (Lipinski definition) is 1. The average molecular weight is 362 g/mol. The minimum atomic E-state index is -0.560. The summed E-state index contributed by atoms with van der Waals surface area (Å²) in [5.74, 6) is -0.574. The molecule has 6 nitrogen and oxygen atoms in total. The maximum Gasteiger partial charge on any atom is 0.239 e. The first-order chi connectivity index (χ1) is 12.5. The Labute approximate surface area is 153 Å². The fourth-order valence-corrected chi connectivity index (χ4v) is 3.81. The van der Waals surface area contributed by atoms with Gasteiger partial charge in [0.2, 0.25) is 11.8 Å². The second-order valence-corrected chi connectivity index (χ2v) is 7.11. The van der Waals surface area contributed by atoms with Gasteiger partial charge in [-0.2, -0.15) is 0 Å². The van der Waals surface area contributed by atoms with E-state index in [0.717, 1.165) is 25.9 Å². The lowest BCUT2D eigenvalue weighted by atomic mass is 10.0. The second kappa shape index (κ2) is 8.60. The van der Waals surface area contributed by atoms with E-state index in [1.165, 1.54) is 18.6 Å². The molecule has 142 valence electrons. The van der Waals surface area contributed by atoms with Crippen LogP contribution in [0.2, 0.25) is 0 Å². The molecule has 2 aliphatic rings. The van der Waals surface area contributed by atoms with E-state index in [4.69, 9.17) is 5.73 Å². The van der Waals surface area contributed by atoms with Crippen LogP contribution in [0.5, 0.6) is 0 Å². The molecule has 0 bridgehead atoms. The van der Waals surface area contributed by atoms with E-state index in [9.17, 15) is 14.0 Å². The van der Waals surface area contributed by atoms with Gasteiger partial charge in [-0.25, -0.2) is 4.39 Å². The number of nitrogens with zero attached hydrogens (tertiary/aromatic N) is 3. The summed E-state index contributed by atoms with van der Waals surface area (Å²) in [4.78, 5) is 30.5. The van der Waals surface area contributed by atoms with E-state index < -0.39 is 11.9 Å². The largest absolute Gasteiger partial charge is 0.368 e. The Balaban J connectivity index is 1.55. The molecule has 2 amide bonds. The van der Waals surface area contributed by atoms with Crippen LogP contribution in [0.25, 0.3) is 0 Å². The monoisotopic (exact) mass is 362 g/mol. The standard InChI is InChI=1S/C19H27FN4O2/c20-16-6-4-15(5-7-16)18(19(21)26)24-12-10-22(11-13-24)14-17(25)23-8-2-1-3-9-23/h4-7,18H,1-3,8-14H2,(H2,21,26)/t18-/m0/s1. The summed E-state index contributed by atoms with van der Waals surface area (Å²) in [5.41, 5.74) is 6.31. The molecule has 2 N–H and O–H groups in total. The third kappa shape index (κ3) is 4.59. The van der Waals surface area contributed by atoms with Crippen molar-refractivity contribution >= 4 is 11.8 Å². The summed E-state index contributed by atoms with van der Waals surface area (Å²) in [6, 6.07) is 5.35. The molecule has 1 aromatic rings. The van der Waals surface area contributed by atoms with Gasteiger partial charge in [-0.3, -0.25) is 19.4 Å². The molecule has 2 saturated heterocycles. The van der Waals surface area contributed by atoms with Crippen molar-refractivity contribution in [3.8, 4) is 0 Å². The van der Waals surface area contributed by atoms with Crippen molar-refractivity contribution < 1.29 is 14.0 Å². The Morgan fingerprint density at radius 1 is 0.962 bits per heavy atom. The molecule has 2 heterocycles. The van der Waals surface area contributed by atoms with Gasteiger partial charge >= 0.3 is 0 Å². The van der Waals surface area contributed by atoms with Crippen molar-refractivity contribution in [2.45, 2.75) is 25.3 Å². The Kier molecular flexibility index (Phi) is 6.21. The summed E-state index contributed by atoms with van der Waals surface area (Å²) in [5, 5.41) is 0. The lowest BCUT2D eigenvalue weighted by Gasteiger charge is -2.38. The smallest absolute Gasteiger partial charge is 0.239 e. The number of piperidine rings is 1. The van der Waals surface area contributed by atoms with Crippen LogP contribution in [0, 0.1) is 5.82 Å². The van der Waals surface area contributed by atoms with Crippen molar-refractivity contribution in [3.63, 3.8) is 0 Å². The summed E-state index contributed by atoms with van der Waals surface area (Å²) < 4.78 is 13.1. The summed E-state index contributed by atoms with van der Waals surface area (Å²) in [7, 11) is 0. The summed E-state index contributed by atoms with van der Waals surface area (Å²) >= 11 is 0. The van der Waals surface area contributed by atoms with E-state index in [1.54, 1.807) is 12.1 Å². The Morgan fingerprint density at radius 3 is 2.15 bits per heavy atom. The van der Waals surface area contributed by atoms with Crippen LogP contribution in [0.3, 0.4) is 0 Å². The molecule has 3 rings (SSSR count). The number of benzene rings is 1. The lowest BCUT2D eigenvalue weighted by Crippen LogP contribution is -2.52. The predicted octanol–water partition coefficient (Wildman–Crippen LogP) is 0.982. The first kappa shape index (κ1) is 18.8. The molecule has 2 aliphatic heterocycles. The Hall–Kier alpha value is -1.99. The number of halogens is 1. The molecule has 0 unspecified atom stereocenters. The fourth-order valence-electron chi connectivity index (χ4n) is 3.81. The second-order valence-electron chi connectivity index (χ2n) is 7.11. The number of primary amides is 1. The Morgan fingerprint density at radius 2 is 1.58 bits per heavy atom. The Bertz CT molecular complexity index is 623. The summed E-state index contributed by atoms with van der Waals surface area (Å²) in [6.45, 7) is 4.90. The minimum Gasteiger partial charge on any atom is -0.368 e. The van der Waals surface area contributed by atoms with Crippen LogP contribution >= 0.6 is 0 Å². The highest BCUT2D eigenvalue weighted by Crippen LogP contribution is 2.22. The molecular weight excluding hydrogens is 335 g/mol. The highest BCUT2D eigenvalue weighted by molar-refractivity contribution is 5.81. The lowest BCUT2D eigenvalue weighted by molar-refractivity contribution is -0.134. The van der Waals surface area contributed by atoms with Gasteiger partial charge in [-0.05, 0) is 37.0 Å². The molecule has 0 aromatic heterocycles. The quantitative estimate of drug-likeness (QED) is 0.848. The number of nitrogens with two attached hydrogens (primary N) is 1. The van der Waals surface area contributed by atoms with Gasteiger partial charge in [-0.1, -0.05) is 12.1 Å². The number of likely N-dealkylation sites (tertiary alicyclic amines) is 1. The number of rotatable bonds is 5. The number of carbonyl (C=O) groups excluding carboxylic acids is 2. The van der Waals surface area contributed by atoms with Gasteiger partial charge in [-0.15, -0.1) is 0 Å². The molecule has 0 aliphatic carbocycles. The van der Waals surface area contributed by atoms with Crippen molar-refractivity contribution in [1.29, 1.82) is 0 Å². The number of piperazine rings is 1. The fraction of sp³-hybridized carbons (Fsp3) is 0.579. The molecule has 26 heavy (non-hydrogen) atoms. The third-order valence-corrected chi connectivity index (χ3v) is 5.29. The van der Waals surface area contributed by atoms with Gasteiger partial charge < -0.3 is 10.6 Å². The van der Waals surface area contributed by atoms with E-state index in [-0.39, 0.29) is 11.7 Å². The zero-order valence-corrected chi connectivity index (χ0v) is 15.1. The van der Waals surface area contributed by atoms with Crippen LogP contribution in [-0.4, -0.2) is 72.3 Å². The SMILES string of the molecule is NC(=O)[C@H](c1ccc(F)cc1)N1CCN(CC(=O)N2CCCCC2)CC1. The average Bonchev–Trinajstić information content (AvgIpc) is 2.65. The molecule has 2 fully saturated rings. The van der Waals surface area contributed by atoms with Crippen LogP contribution < -0.4 is 5.73 Å². The van der Waals surface area contributed by atoms with Gasteiger partial charge in [0, 0.05) is 39.3 Å². The molecule has 7 heteroatoms. The van der Waals surface area contributed by atoms with Crippen molar-refractivity contribution in [1.82, 2.24) is 14.7 Å². The highest BCUT2D eigenvalue weighted by Gasteiger charge is 2.30. The van der Waals surface area contributed by atoms with E-state index in [0.29, 0.717) is 38.3 Å². The molecule has 1 atom stereocenters. The zero-order valence-electron chi connectivity index (χ0n) is 15.1. The predicted molar refractivity (Wildman–Crippen MR) is 96.8 cm³/mol. The highest BCUT2D eigenvalue weighted by atomic mass is 19.1. The number of amides is 2. The van der Waals surface area contributed by atoms with Crippen molar-refractivity contribution in [2.24, 2.45) is 5.73 Å². The third-order valence-electron chi connectivity index (χ3n) is 5.29. The maximum absolute atomic E-state index is 13.1. The van der Waals surface area contributed by atoms with Crippen LogP contribution in [0.4, 0.5) is 4.39 Å². The number of hydrogen-bond acceptors (Lipinski definition) is 4. The van der Waals surface area contributed by atoms with Crippen molar-refractivity contribution in [2.75, 3.05) is 45.8 Å². The normalized spacial score (nSPS) is 20.7. The van der Waals surface area contributed by atoms with Gasteiger partial charge in [0.25, 0.3) is 0 Å². The maximum atomic E-state index is 13.1. The minimum absolute atomic E-state index is 0.197. The van der Waals surface area contributed by atoms with Gasteiger partial charge in [0.1, 0.15) is 11.9 Å². The summed E-state index contributed by atoms with van der Waals surface area (Å²) in [6.07, 6.45) is 3.40. The van der Waals surface area contributed by atoms with Crippen LogP contribution in [0.15, 0.2) is 24.3 Å². The first-order valence-corrected chi connectivity index (χ1v) is 9.33. The first-order valence-electron chi connectivity index (χ1n) is 9.33. The molecule has 0 radical (unpaired) electrons. The topological polar surface area (TPSA) is 69.9 Å². The van der Waals surface area contributed by atoms with E-state index in [1.807, 2.05) is 9.80 Å². The molecular formula is C19H27FN4O2. The van der Waals surface area contributed by atoms with Gasteiger partial charge in [0.05, 0.1) is 6.54 Å². The van der Waals surface area contributed by atoms with E-state index >= 15 is 0 Å². The van der Waals surface area contributed by atoms with Crippen LogP contribution in [0.1, 0.15) is 30.9 Å². The number of carbonyl (C=O) groups is 2. The zero-order chi connectivity index (χ0) is 18.5. The van der Waals surface area contributed by atoms with Gasteiger partial charge in [0.15, 0.2) is 0 Å².